The summed E-state index contributed by atoms with van der Waals surface area (Å²) in [4.78, 5) is 14.0. The zero-order chi connectivity index (χ0) is 6.69. The van der Waals surface area contributed by atoms with Crippen LogP contribution in [0.25, 0.3) is 0 Å². The Labute approximate surface area is 56.3 Å². The van der Waals surface area contributed by atoms with E-state index in [1.165, 1.54) is 24.5 Å². The van der Waals surface area contributed by atoms with Crippen LogP contribution in [0, 0.1) is 0 Å². The molecule has 0 aliphatic carbocycles. The zero-order valence-corrected chi connectivity index (χ0v) is 5.64. The lowest BCUT2D eigenvalue weighted by atomic mass is 10.8. The summed E-state index contributed by atoms with van der Waals surface area (Å²) in [7, 11) is 0. The lowest BCUT2D eigenvalue weighted by molar-refractivity contribution is -0.131. The summed E-state index contributed by atoms with van der Waals surface area (Å²) in [5, 5.41) is 0.544. The third-order valence-corrected chi connectivity index (χ3v) is 1.30. The molecule has 0 aromatic carbocycles. The van der Waals surface area contributed by atoms with E-state index in [1.807, 2.05) is 0 Å². The molecule has 3 nitrogen and oxygen atoms in total. The first-order valence-corrected chi connectivity index (χ1v) is 3.24. The summed E-state index contributed by atoms with van der Waals surface area (Å²) in [6.07, 6.45) is 1.51. The summed E-state index contributed by atoms with van der Waals surface area (Å²) in [6, 6.07) is 0. The molecule has 0 atom stereocenters. The van der Waals surface area contributed by atoms with Gasteiger partial charge in [0.1, 0.15) is 0 Å². The van der Waals surface area contributed by atoms with Gasteiger partial charge in [-0.1, -0.05) is 11.3 Å². The Morgan fingerprint density at radius 3 is 3.11 bits per heavy atom. The van der Waals surface area contributed by atoms with Crippen LogP contribution in [0.2, 0.25) is 0 Å². The van der Waals surface area contributed by atoms with E-state index in [0.717, 1.165) is 0 Å². The van der Waals surface area contributed by atoms with E-state index in [9.17, 15) is 4.79 Å². The molecule has 0 aliphatic heterocycles. The van der Waals surface area contributed by atoms with Crippen LogP contribution >= 0.6 is 11.3 Å². The Morgan fingerprint density at radius 2 is 2.67 bits per heavy atom. The molecule has 0 saturated heterocycles. The van der Waals surface area contributed by atoms with Crippen LogP contribution in [-0.4, -0.2) is 11.0 Å². The van der Waals surface area contributed by atoms with Gasteiger partial charge >= 0.3 is 5.97 Å². The van der Waals surface area contributed by atoms with Gasteiger partial charge in [0.25, 0.3) is 0 Å². The molecule has 1 aromatic rings. The van der Waals surface area contributed by atoms with Crippen molar-refractivity contribution >= 4 is 17.3 Å². The largest absolute Gasteiger partial charge is 0.414 e. The second-order valence-corrected chi connectivity index (χ2v) is 2.26. The quantitative estimate of drug-likeness (QED) is 0.552. The summed E-state index contributed by atoms with van der Waals surface area (Å²) in [6.45, 7) is 1.36. The van der Waals surface area contributed by atoms with E-state index in [4.69, 9.17) is 0 Å². The van der Waals surface area contributed by atoms with Crippen molar-refractivity contribution < 1.29 is 9.53 Å². The molecular formula is C5H5NO2S. The first-order valence-electron chi connectivity index (χ1n) is 2.36. The molecule has 0 N–H and O–H groups in total. The molecule has 0 spiro atoms. The molecule has 4 heteroatoms. The number of nitrogens with zero attached hydrogens (tertiary/aromatic N) is 1. The van der Waals surface area contributed by atoms with Crippen molar-refractivity contribution in [3.8, 4) is 5.06 Å². The summed E-state index contributed by atoms with van der Waals surface area (Å²) >= 11 is 1.30. The first-order chi connectivity index (χ1) is 4.29. The molecule has 1 heterocycles. The highest BCUT2D eigenvalue weighted by Gasteiger charge is 1.96. The van der Waals surface area contributed by atoms with Gasteiger partial charge < -0.3 is 4.74 Å². The fraction of sp³-hybridized carbons (Fsp3) is 0.200. The average molecular weight is 143 g/mol. The molecule has 0 amide bonds. The Balaban J connectivity index is 2.58. The second kappa shape index (κ2) is 2.59. The number of hydrogen-bond acceptors (Lipinski definition) is 4. The maximum atomic E-state index is 10.3. The minimum absolute atomic E-state index is 0.306. The SMILES string of the molecule is CC(=O)Oc1cncs1. The monoisotopic (exact) mass is 143 g/mol. The van der Waals surface area contributed by atoms with E-state index in [-0.39, 0.29) is 5.97 Å². The van der Waals surface area contributed by atoms with Crippen molar-refractivity contribution in [2.45, 2.75) is 6.92 Å². The molecule has 0 bridgehead atoms. The van der Waals surface area contributed by atoms with Gasteiger partial charge in [0.05, 0.1) is 11.7 Å². The van der Waals surface area contributed by atoms with E-state index in [2.05, 4.69) is 9.72 Å². The molecule has 48 valence electrons. The van der Waals surface area contributed by atoms with Crippen LogP contribution in [0.5, 0.6) is 5.06 Å². The fourth-order valence-electron chi connectivity index (χ4n) is 0.396. The first kappa shape index (κ1) is 6.22. The molecule has 0 fully saturated rings. The van der Waals surface area contributed by atoms with Crippen molar-refractivity contribution in [1.82, 2.24) is 4.98 Å². The van der Waals surface area contributed by atoms with Gasteiger partial charge in [-0.05, 0) is 0 Å². The molecule has 0 unspecified atom stereocenters. The highest BCUT2D eigenvalue weighted by molar-refractivity contribution is 7.11. The topological polar surface area (TPSA) is 39.2 Å². The average Bonchev–Trinajstić information content (AvgIpc) is 2.15. The maximum absolute atomic E-state index is 10.3. The molecule has 9 heavy (non-hydrogen) atoms. The van der Waals surface area contributed by atoms with Crippen molar-refractivity contribution in [1.29, 1.82) is 0 Å². The van der Waals surface area contributed by atoms with Gasteiger partial charge in [-0.25, -0.2) is 4.98 Å². The van der Waals surface area contributed by atoms with E-state index >= 15 is 0 Å². The van der Waals surface area contributed by atoms with Gasteiger partial charge in [-0.15, -0.1) is 0 Å². The number of hydrogen-bond donors (Lipinski definition) is 0. The number of carbonyl (C=O) groups is 1. The fourth-order valence-corrected chi connectivity index (χ4v) is 0.909. The molecule has 0 radical (unpaired) electrons. The minimum atomic E-state index is -0.306. The van der Waals surface area contributed by atoms with Crippen molar-refractivity contribution in [3.05, 3.63) is 11.7 Å². The number of esters is 1. The number of aromatic nitrogens is 1. The number of carbonyl (C=O) groups excluding carboxylic acids is 1. The second-order valence-electron chi connectivity index (χ2n) is 1.41. The normalized spacial score (nSPS) is 9.00. The Hall–Kier alpha value is -0.900. The third kappa shape index (κ3) is 1.81. The van der Waals surface area contributed by atoms with Crippen molar-refractivity contribution in [2.24, 2.45) is 0 Å². The van der Waals surface area contributed by atoms with Crippen LogP contribution in [0.4, 0.5) is 0 Å². The van der Waals surface area contributed by atoms with Gasteiger partial charge in [-0.2, -0.15) is 0 Å². The molecule has 0 saturated carbocycles. The third-order valence-electron chi connectivity index (χ3n) is 0.654. The smallest absolute Gasteiger partial charge is 0.308 e. The van der Waals surface area contributed by atoms with E-state index in [1.54, 1.807) is 5.51 Å². The van der Waals surface area contributed by atoms with Gasteiger partial charge in [0, 0.05) is 6.92 Å². The van der Waals surface area contributed by atoms with Crippen LogP contribution in [-0.2, 0) is 4.79 Å². The van der Waals surface area contributed by atoms with Crippen molar-refractivity contribution in [2.75, 3.05) is 0 Å². The summed E-state index contributed by atoms with van der Waals surface area (Å²) in [5.74, 6) is -0.306. The Morgan fingerprint density at radius 1 is 1.89 bits per heavy atom. The highest BCUT2D eigenvalue weighted by Crippen LogP contribution is 2.14. The number of rotatable bonds is 1. The molecule has 0 aliphatic rings. The van der Waals surface area contributed by atoms with Gasteiger partial charge in [-0.3, -0.25) is 4.79 Å². The summed E-state index contributed by atoms with van der Waals surface area (Å²) < 4.78 is 4.67. The van der Waals surface area contributed by atoms with Crippen LogP contribution in [0.3, 0.4) is 0 Å². The standard InChI is InChI=1S/C5H5NO2S/c1-4(7)8-5-2-6-3-9-5/h2-3H,1H3. The van der Waals surface area contributed by atoms with Crippen LogP contribution in [0.15, 0.2) is 11.7 Å². The predicted molar refractivity (Wildman–Crippen MR) is 33.4 cm³/mol. The van der Waals surface area contributed by atoms with E-state index < -0.39 is 0 Å². The summed E-state index contributed by atoms with van der Waals surface area (Å²) in [5.41, 5.74) is 1.61. The van der Waals surface area contributed by atoms with Crippen molar-refractivity contribution in [3.63, 3.8) is 0 Å². The Kier molecular flexibility index (Phi) is 1.79. The predicted octanol–water partition coefficient (Wildman–Crippen LogP) is 1.07. The number of ether oxygens (including phenoxy) is 1. The Bertz CT molecular complexity index is 195. The number of thiazole rings is 1. The minimum Gasteiger partial charge on any atom is -0.414 e. The van der Waals surface area contributed by atoms with Gasteiger partial charge in [0.15, 0.2) is 0 Å². The molecule has 1 aromatic heterocycles. The highest BCUT2D eigenvalue weighted by atomic mass is 32.1. The molecule has 1 rings (SSSR count). The van der Waals surface area contributed by atoms with E-state index in [0.29, 0.717) is 5.06 Å². The van der Waals surface area contributed by atoms with Crippen LogP contribution in [0.1, 0.15) is 6.92 Å². The molecular weight excluding hydrogens is 138 g/mol. The lowest BCUT2D eigenvalue weighted by Gasteiger charge is -1.90. The maximum Gasteiger partial charge on any atom is 0.308 e. The lowest BCUT2D eigenvalue weighted by Crippen LogP contribution is -1.98. The zero-order valence-electron chi connectivity index (χ0n) is 4.83. The van der Waals surface area contributed by atoms with Gasteiger partial charge in [0.2, 0.25) is 5.06 Å². The van der Waals surface area contributed by atoms with Crippen LogP contribution < -0.4 is 4.74 Å².